The van der Waals surface area contributed by atoms with Crippen LogP contribution in [-0.2, 0) is 15.0 Å². The first-order chi connectivity index (χ1) is 10.3. The summed E-state index contributed by atoms with van der Waals surface area (Å²) in [7, 11) is -4.87. The van der Waals surface area contributed by atoms with Gasteiger partial charge >= 0.3 is 16.2 Å². The summed E-state index contributed by atoms with van der Waals surface area (Å²) in [6, 6.07) is 3.17. The van der Waals surface area contributed by atoms with Crippen LogP contribution < -0.4 is 4.90 Å². The average molecular weight is 344 g/mol. The van der Waals surface area contributed by atoms with Crippen LogP contribution in [0.25, 0.3) is 10.2 Å². The third-order valence-corrected chi connectivity index (χ3v) is 5.59. The number of halogens is 1. The van der Waals surface area contributed by atoms with Crippen LogP contribution >= 0.6 is 11.3 Å². The molecule has 22 heavy (non-hydrogen) atoms. The number of anilines is 1. The smallest absolute Gasteiger partial charge is 0.348 e. The lowest BCUT2D eigenvalue weighted by Gasteiger charge is -2.16. The molecule has 0 aliphatic carbocycles. The number of carboxylic acids is 1. The molecule has 3 heterocycles. The molecule has 116 valence electrons. The molecule has 1 unspecified atom stereocenters. The summed E-state index contributed by atoms with van der Waals surface area (Å²) in [4.78, 5) is 28.8. The Morgan fingerprint density at radius 2 is 2.23 bits per heavy atom. The van der Waals surface area contributed by atoms with Gasteiger partial charge in [-0.2, -0.15) is 8.42 Å². The number of carbonyl (C=O) groups excluding carboxylic acids is 1. The van der Waals surface area contributed by atoms with Crippen LogP contribution in [0.2, 0.25) is 0 Å². The molecular weight excluding hydrogens is 335 g/mol. The normalized spacial score (nSPS) is 19.0. The number of nitrogens with zero attached hydrogens (tertiary/aromatic N) is 2. The minimum Gasteiger partial charge on any atom is -0.477 e. The third-order valence-electron chi connectivity index (χ3n) is 3.39. The maximum absolute atomic E-state index is 13.1. The van der Waals surface area contributed by atoms with E-state index in [0.29, 0.717) is 10.2 Å². The number of amides is 1. The summed E-state index contributed by atoms with van der Waals surface area (Å²) in [5.41, 5.74) is 0.0803. The zero-order valence-electron chi connectivity index (χ0n) is 10.9. The Bertz CT molecular complexity index is 892. The van der Waals surface area contributed by atoms with E-state index in [2.05, 4.69) is 4.98 Å². The Morgan fingerprint density at radius 1 is 1.50 bits per heavy atom. The van der Waals surface area contributed by atoms with Crippen molar-refractivity contribution in [2.75, 3.05) is 11.4 Å². The first-order valence-electron chi connectivity index (χ1n) is 6.13. The van der Waals surface area contributed by atoms with Crippen LogP contribution in [0, 0.1) is 0 Å². The Kier molecular flexibility index (Phi) is 3.37. The number of hydrogen-bond donors (Lipinski definition) is 1. The highest BCUT2D eigenvalue weighted by Gasteiger charge is 2.41. The van der Waals surface area contributed by atoms with E-state index in [1.54, 1.807) is 12.1 Å². The standard InChI is InChI=1S/C12H9FN2O5S2/c13-22(19,20)6-4-8(16)15(5-6)9-7-2-1-3-14-11(7)21-10(9)12(17)18/h1-3,6H,4-5H2,(H,17,18). The van der Waals surface area contributed by atoms with Crippen LogP contribution in [0.5, 0.6) is 0 Å². The van der Waals surface area contributed by atoms with Crippen molar-refractivity contribution in [3.05, 3.63) is 23.2 Å². The van der Waals surface area contributed by atoms with E-state index in [0.717, 1.165) is 16.2 Å². The van der Waals surface area contributed by atoms with E-state index in [9.17, 15) is 27.0 Å². The van der Waals surface area contributed by atoms with E-state index < -0.39 is 40.3 Å². The summed E-state index contributed by atoms with van der Waals surface area (Å²) in [5, 5.41) is 8.24. The molecule has 1 fully saturated rings. The second kappa shape index (κ2) is 4.99. The van der Waals surface area contributed by atoms with E-state index in [1.807, 2.05) is 0 Å². The van der Waals surface area contributed by atoms with Crippen molar-refractivity contribution in [2.24, 2.45) is 0 Å². The second-order valence-electron chi connectivity index (χ2n) is 4.75. The van der Waals surface area contributed by atoms with Gasteiger partial charge in [0.15, 0.2) is 0 Å². The van der Waals surface area contributed by atoms with Gasteiger partial charge in [-0.1, -0.05) is 0 Å². The lowest BCUT2D eigenvalue weighted by molar-refractivity contribution is -0.117. The minimum absolute atomic E-state index is 0.0803. The lowest BCUT2D eigenvalue weighted by Crippen LogP contribution is -2.28. The molecule has 0 bridgehead atoms. The number of fused-ring (bicyclic) bond motifs is 1. The highest BCUT2D eigenvalue weighted by Crippen LogP contribution is 2.39. The van der Waals surface area contributed by atoms with Crippen LogP contribution in [0.3, 0.4) is 0 Å². The fourth-order valence-corrected chi connectivity index (χ4v) is 4.07. The molecule has 7 nitrogen and oxygen atoms in total. The summed E-state index contributed by atoms with van der Waals surface area (Å²) in [6.07, 6.45) is 0.977. The SMILES string of the molecule is O=C(O)c1sc2ncccc2c1N1CC(S(=O)(=O)F)CC1=O. The van der Waals surface area contributed by atoms with Crippen molar-refractivity contribution in [1.82, 2.24) is 4.98 Å². The van der Waals surface area contributed by atoms with E-state index in [-0.39, 0.29) is 10.6 Å². The van der Waals surface area contributed by atoms with Crippen LogP contribution in [0.15, 0.2) is 18.3 Å². The van der Waals surface area contributed by atoms with Gasteiger partial charge in [0.1, 0.15) is 15.0 Å². The molecule has 1 amide bonds. The molecule has 0 saturated carbocycles. The Balaban J connectivity index is 2.16. The summed E-state index contributed by atoms with van der Waals surface area (Å²) < 4.78 is 35.1. The molecule has 3 rings (SSSR count). The van der Waals surface area contributed by atoms with Crippen molar-refractivity contribution in [3.63, 3.8) is 0 Å². The first kappa shape index (κ1) is 14.9. The monoisotopic (exact) mass is 344 g/mol. The van der Waals surface area contributed by atoms with Gasteiger partial charge in [0.05, 0.1) is 5.69 Å². The van der Waals surface area contributed by atoms with Crippen molar-refractivity contribution in [2.45, 2.75) is 11.7 Å². The topological polar surface area (TPSA) is 105 Å². The van der Waals surface area contributed by atoms with Gasteiger partial charge in [-0.15, -0.1) is 15.2 Å². The Hall–Kier alpha value is -2.07. The van der Waals surface area contributed by atoms with Crippen LogP contribution in [0.4, 0.5) is 9.57 Å². The van der Waals surface area contributed by atoms with E-state index >= 15 is 0 Å². The Morgan fingerprint density at radius 3 is 2.82 bits per heavy atom. The zero-order valence-corrected chi connectivity index (χ0v) is 12.5. The molecule has 1 aliphatic heterocycles. The Labute approximate surface area is 128 Å². The predicted octanol–water partition coefficient (Wildman–Crippen LogP) is 1.40. The largest absolute Gasteiger partial charge is 0.477 e. The van der Waals surface area contributed by atoms with Crippen molar-refractivity contribution in [1.29, 1.82) is 0 Å². The fourth-order valence-electron chi connectivity index (χ4n) is 2.41. The highest BCUT2D eigenvalue weighted by molar-refractivity contribution is 7.87. The quantitative estimate of drug-likeness (QED) is 0.844. The van der Waals surface area contributed by atoms with E-state index in [4.69, 9.17) is 0 Å². The summed E-state index contributed by atoms with van der Waals surface area (Å²) in [5.74, 6) is -1.88. The van der Waals surface area contributed by atoms with Crippen LogP contribution in [0.1, 0.15) is 16.1 Å². The molecule has 1 atom stereocenters. The molecule has 1 N–H and O–H groups in total. The van der Waals surface area contributed by atoms with Gasteiger partial charge in [-0.25, -0.2) is 9.78 Å². The number of carboxylic acid groups (broad SMARTS) is 1. The third kappa shape index (κ3) is 2.33. The van der Waals surface area contributed by atoms with Gasteiger partial charge in [0.25, 0.3) is 0 Å². The van der Waals surface area contributed by atoms with Crippen molar-refractivity contribution < 1.29 is 27.0 Å². The average Bonchev–Trinajstić information content (AvgIpc) is 2.98. The minimum atomic E-state index is -4.87. The molecular formula is C12H9FN2O5S2. The number of pyridine rings is 1. The number of rotatable bonds is 3. The summed E-state index contributed by atoms with van der Waals surface area (Å²) in [6.45, 7) is -0.404. The molecule has 0 spiro atoms. The number of hydrogen-bond acceptors (Lipinski definition) is 6. The molecule has 0 radical (unpaired) electrons. The van der Waals surface area contributed by atoms with Gasteiger partial charge in [0, 0.05) is 24.5 Å². The summed E-state index contributed by atoms with van der Waals surface area (Å²) >= 11 is 0.882. The van der Waals surface area contributed by atoms with Gasteiger partial charge in [0.2, 0.25) is 5.91 Å². The van der Waals surface area contributed by atoms with Gasteiger partial charge in [-0.3, -0.25) is 4.79 Å². The van der Waals surface area contributed by atoms with Crippen LogP contribution in [-0.4, -0.2) is 42.2 Å². The molecule has 10 heteroatoms. The number of carbonyl (C=O) groups is 2. The van der Waals surface area contributed by atoms with Crippen molar-refractivity contribution in [3.8, 4) is 0 Å². The maximum Gasteiger partial charge on any atom is 0.348 e. The molecule has 0 aromatic carbocycles. The highest BCUT2D eigenvalue weighted by atomic mass is 32.3. The number of thiophene rings is 1. The van der Waals surface area contributed by atoms with Gasteiger partial charge in [-0.05, 0) is 12.1 Å². The molecule has 2 aromatic heterocycles. The molecule has 2 aromatic rings. The molecule has 1 saturated heterocycles. The van der Waals surface area contributed by atoms with Crippen molar-refractivity contribution >= 4 is 49.3 Å². The number of aromatic nitrogens is 1. The zero-order chi connectivity index (χ0) is 16.1. The lowest BCUT2D eigenvalue weighted by atomic mass is 10.2. The van der Waals surface area contributed by atoms with Gasteiger partial charge < -0.3 is 10.0 Å². The van der Waals surface area contributed by atoms with E-state index in [1.165, 1.54) is 6.20 Å². The fraction of sp³-hybridized carbons (Fsp3) is 0.250. The maximum atomic E-state index is 13.1. The number of aromatic carboxylic acids is 1. The molecule has 1 aliphatic rings. The second-order valence-corrected chi connectivity index (χ2v) is 7.36. The first-order valence-corrected chi connectivity index (χ1v) is 8.40. The predicted molar refractivity (Wildman–Crippen MR) is 77.4 cm³/mol.